The number of para-hydroxylation sites is 1. The largest absolute Gasteiger partial charge is 0.459 e. The summed E-state index contributed by atoms with van der Waals surface area (Å²) < 4.78 is 7.21. The number of furan rings is 1. The third kappa shape index (κ3) is 3.12. The normalized spacial score (nSPS) is 11.3. The zero-order chi connectivity index (χ0) is 17.4. The number of aryl methyl sites for hydroxylation is 1. The zero-order valence-corrected chi connectivity index (χ0v) is 15.4. The molecule has 0 aliphatic rings. The van der Waals surface area contributed by atoms with Gasteiger partial charge in [0.1, 0.15) is 5.76 Å². The van der Waals surface area contributed by atoms with Crippen molar-refractivity contribution in [2.24, 2.45) is 7.05 Å². The third-order valence-electron chi connectivity index (χ3n) is 3.79. The Morgan fingerprint density at radius 2 is 2.04 bits per heavy atom. The maximum Gasteiger partial charge on any atom is 0.261 e. The van der Waals surface area contributed by atoms with Crippen molar-refractivity contribution in [3.63, 3.8) is 0 Å². The number of hydrogen-bond donors (Lipinski definition) is 0. The summed E-state index contributed by atoms with van der Waals surface area (Å²) in [4.78, 5) is 21.6. The summed E-state index contributed by atoms with van der Waals surface area (Å²) in [5.41, 5.74) is 1.64. The molecule has 0 fully saturated rings. The van der Waals surface area contributed by atoms with Crippen molar-refractivity contribution in [3.8, 4) is 10.8 Å². The van der Waals surface area contributed by atoms with Crippen LogP contribution >= 0.6 is 23.1 Å². The lowest BCUT2D eigenvalue weighted by atomic mass is 10.2. The van der Waals surface area contributed by atoms with Crippen molar-refractivity contribution in [1.82, 2.24) is 14.5 Å². The molecule has 0 atom stereocenters. The number of benzene rings is 1. The summed E-state index contributed by atoms with van der Waals surface area (Å²) in [6, 6.07) is 11.3. The standard InChI is InChI=1S/C18H15N3O2S2/c1-11-7-8-15(23-11)16-19-12(9-24-16)10-25-18-20-14-6-4-3-5-13(14)17(22)21(18)2/h3-9H,10H2,1-2H3. The maximum absolute atomic E-state index is 12.4. The fourth-order valence-corrected chi connectivity index (χ4v) is 4.25. The van der Waals surface area contributed by atoms with Crippen molar-refractivity contribution in [1.29, 1.82) is 0 Å². The summed E-state index contributed by atoms with van der Waals surface area (Å²) in [7, 11) is 1.75. The molecule has 7 heteroatoms. The van der Waals surface area contributed by atoms with Crippen LogP contribution in [-0.2, 0) is 12.8 Å². The van der Waals surface area contributed by atoms with Crippen LogP contribution in [-0.4, -0.2) is 14.5 Å². The number of thioether (sulfide) groups is 1. The van der Waals surface area contributed by atoms with E-state index >= 15 is 0 Å². The Hall–Kier alpha value is -2.38. The van der Waals surface area contributed by atoms with E-state index in [1.807, 2.05) is 42.6 Å². The van der Waals surface area contributed by atoms with Crippen molar-refractivity contribution >= 4 is 34.0 Å². The molecule has 0 N–H and O–H groups in total. The Kier molecular flexibility index (Phi) is 4.19. The molecule has 0 bridgehead atoms. The molecule has 4 aromatic rings. The summed E-state index contributed by atoms with van der Waals surface area (Å²) in [5.74, 6) is 2.31. The van der Waals surface area contributed by atoms with Crippen molar-refractivity contribution in [2.45, 2.75) is 17.8 Å². The summed E-state index contributed by atoms with van der Waals surface area (Å²) in [6.07, 6.45) is 0. The van der Waals surface area contributed by atoms with Gasteiger partial charge in [0.15, 0.2) is 15.9 Å². The van der Waals surface area contributed by atoms with Crippen LogP contribution in [0, 0.1) is 6.92 Å². The van der Waals surface area contributed by atoms with Gasteiger partial charge in [-0.3, -0.25) is 9.36 Å². The van der Waals surface area contributed by atoms with Crippen LogP contribution in [0.1, 0.15) is 11.5 Å². The van der Waals surface area contributed by atoms with E-state index in [-0.39, 0.29) is 5.56 Å². The molecule has 4 rings (SSSR count). The molecule has 0 spiro atoms. The molecule has 0 unspecified atom stereocenters. The Labute approximate surface area is 152 Å². The topological polar surface area (TPSA) is 60.9 Å². The second-order valence-corrected chi connectivity index (χ2v) is 7.42. The first-order valence-electron chi connectivity index (χ1n) is 7.71. The maximum atomic E-state index is 12.4. The number of thiazole rings is 1. The molecule has 3 heterocycles. The molecule has 3 aromatic heterocycles. The van der Waals surface area contributed by atoms with Crippen molar-refractivity contribution < 1.29 is 4.42 Å². The summed E-state index contributed by atoms with van der Waals surface area (Å²) >= 11 is 3.06. The van der Waals surface area contributed by atoms with Crippen LogP contribution in [0.3, 0.4) is 0 Å². The van der Waals surface area contributed by atoms with Crippen molar-refractivity contribution in [2.75, 3.05) is 0 Å². The monoisotopic (exact) mass is 369 g/mol. The van der Waals surface area contributed by atoms with E-state index in [1.165, 1.54) is 11.8 Å². The zero-order valence-electron chi connectivity index (χ0n) is 13.7. The van der Waals surface area contributed by atoms with Crippen LogP contribution < -0.4 is 5.56 Å². The Balaban J connectivity index is 1.58. The molecule has 0 aliphatic heterocycles. The highest BCUT2D eigenvalue weighted by molar-refractivity contribution is 7.98. The van der Waals surface area contributed by atoms with E-state index in [1.54, 1.807) is 29.0 Å². The highest BCUT2D eigenvalue weighted by Gasteiger charge is 2.11. The molecular weight excluding hydrogens is 354 g/mol. The quantitative estimate of drug-likeness (QED) is 0.397. The predicted molar refractivity (Wildman–Crippen MR) is 101 cm³/mol. The van der Waals surface area contributed by atoms with E-state index < -0.39 is 0 Å². The van der Waals surface area contributed by atoms with Crippen LogP contribution in [0.25, 0.3) is 21.7 Å². The van der Waals surface area contributed by atoms with Gasteiger partial charge in [-0.25, -0.2) is 9.97 Å². The fraction of sp³-hybridized carbons (Fsp3) is 0.167. The Morgan fingerprint density at radius 3 is 2.84 bits per heavy atom. The number of fused-ring (bicyclic) bond motifs is 1. The summed E-state index contributed by atoms with van der Waals surface area (Å²) in [6.45, 7) is 1.92. The fourth-order valence-electron chi connectivity index (χ4n) is 2.50. The smallest absolute Gasteiger partial charge is 0.261 e. The minimum atomic E-state index is -0.0295. The van der Waals surface area contributed by atoms with Crippen LogP contribution in [0.15, 0.2) is 56.1 Å². The van der Waals surface area contributed by atoms with Gasteiger partial charge in [0.2, 0.25) is 0 Å². The first-order valence-corrected chi connectivity index (χ1v) is 9.58. The Bertz CT molecular complexity index is 1110. The Morgan fingerprint density at radius 1 is 1.20 bits per heavy atom. The lowest BCUT2D eigenvalue weighted by Crippen LogP contribution is -2.19. The summed E-state index contributed by atoms with van der Waals surface area (Å²) in [5, 5.41) is 4.20. The second kappa shape index (κ2) is 6.50. The SMILES string of the molecule is Cc1ccc(-c2nc(CSc3nc4ccccc4c(=O)n3C)cs2)o1. The number of hydrogen-bond acceptors (Lipinski definition) is 6. The van der Waals surface area contributed by atoms with Gasteiger partial charge in [0, 0.05) is 18.2 Å². The van der Waals surface area contributed by atoms with Gasteiger partial charge >= 0.3 is 0 Å². The molecule has 5 nitrogen and oxygen atoms in total. The highest BCUT2D eigenvalue weighted by atomic mass is 32.2. The molecule has 25 heavy (non-hydrogen) atoms. The van der Waals surface area contributed by atoms with Gasteiger partial charge in [0.25, 0.3) is 5.56 Å². The van der Waals surface area contributed by atoms with E-state index in [2.05, 4.69) is 9.97 Å². The van der Waals surface area contributed by atoms with Gasteiger partial charge < -0.3 is 4.42 Å². The van der Waals surface area contributed by atoms with Gasteiger partial charge in [0.05, 0.1) is 16.6 Å². The van der Waals surface area contributed by atoms with Gasteiger partial charge in [-0.15, -0.1) is 11.3 Å². The molecule has 0 radical (unpaired) electrons. The number of nitrogens with zero attached hydrogens (tertiary/aromatic N) is 3. The molecule has 0 amide bonds. The van der Waals surface area contributed by atoms with Crippen LogP contribution in [0.4, 0.5) is 0 Å². The highest BCUT2D eigenvalue weighted by Crippen LogP contribution is 2.28. The molecule has 0 saturated heterocycles. The molecule has 0 aliphatic carbocycles. The molecule has 1 aromatic carbocycles. The van der Waals surface area contributed by atoms with E-state index in [4.69, 9.17) is 4.42 Å². The van der Waals surface area contributed by atoms with Gasteiger partial charge in [-0.2, -0.15) is 0 Å². The number of aromatic nitrogens is 3. The predicted octanol–water partition coefficient (Wildman–Crippen LogP) is 4.25. The van der Waals surface area contributed by atoms with Crippen LogP contribution in [0.2, 0.25) is 0 Å². The molecule has 126 valence electrons. The first-order chi connectivity index (χ1) is 12.1. The van der Waals surface area contributed by atoms with E-state index in [0.717, 1.165) is 27.7 Å². The lowest BCUT2D eigenvalue weighted by Gasteiger charge is -2.07. The number of rotatable bonds is 4. The minimum absolute atomic E-state index is 0.0295. The van der Waals surface area contributed by atoms with Gasteiger partial charge in [-0.05, 0) is 31.2 Å². The van der Waals surface area contributed by atoms with Crippen LogP contribution in [0.5, 0.6) is 0 Å². The second-order valence-electron chi connectivity index (χ2n) is 5.62. The average molecular weight is 369 g/mol. The molecular formula is C18H15N3O2S2. The van der Waals surface area contributed by atoms with Gasteiger partial charge in [-0.1, -0.05) is 23.9 Å². The van der Waals surface area contributed by atoms with E-state index in [9.17, 15) is 4.79 Å². The minimum Gasteiger partial charge on any atom is -0.459 e. The average Bonchev–Trinajstić information content (AvgIpc) is 3.26. The lowest BCUT2D eigenvalue weighted by molar-refractivity contribution is 0.548. The third-order valence-corrected chi connectivity index (χ3v) is 5.76. The molecule has 0 saturated carbocycles. The first kappa shape index (κ1) is 16.1. The van der Waals surface area contributed by atoms with Crippen molar-refractivity contribution in [3.05, 3.63) is 63.6 Å². The van der Waals surface area contributed by atoms with E-state index in [0.29, 0.717) is 16.3 Å².